The molecule has 0 saturated heterocycles. The van der Waals surface area contributed by atoms with Crippen molar-refractivity contribution < 1.29 is 17.7 Å². The van der Waals surface area contributed by atoms with Crippen LogP contribution in [0.25, 0.3) is 113 Å². The van der Waals surface area contributed by atoms with Gasteiger partial charge in [-0.2, -0.15) is 0 Å². The maximum absolute atomic E-state index is 14.9. The first-order chi connectivity index (χ1) is 44.0. The fourth-order valence-electron chi connectivity index (χ4n) is 11.4. The van der Waals surface area contributed by atoms with Crippen LogP contribution in [0.5, 0.6) is 0 Å². The van der Waals surface area contributed by atoms with Gasteiger partial charge in [-0.05, 0) is 220 Å². The predicted molar refractivity (Wildman–Crippen MR) is 428 cm³/mol. The molecule has 5 nitrogen and oxygen atoms in total. The van der Waals surface area contributed by atoms with E-state index in [1.54, 1.807) is 22.7 Å². The summed E-state index contributed by atoms with van der Waals surface area (Å²) >= 11 is 7.24. The first-order valence-electron chi connectivity index (χ1n) is 33.3. The van der Waals surface area contributed by atoms with E-state index in [4.69, 9.17) is 17.7 Å². The molecule has 1 aliphatic rings. The minimum atomic E-state index is -2.22. The van der Waals surface area contributed by atoms with E-state index >= 15 is 0 Å². The Labute approximate surface area is 577 Å². The highest BCUT2D eigenvalue weighted by Gasteiger charge is 2.41. The van der Waals surface area contributed by atoms with Gasteiger partial charge in [0.2, 0.25) is 0 Å². The van der Waals surface area contributed by atoms with Crippen molar-refractivity contribution in [3.05, 3.63) is 190 Å². The average Bonchev–Trinajstić information content (AvgIpc) is 1.58. The standard InChI is InChI=1S/C81H94O5S4Si4/c1-78(2,3)91(13,14)83-47-65-59-33-35-61(67(65)49-85-93(17,18)80(7,8)9)75-43-39-71(89-75)55-29-31-57-58-32-30-56(46-64(58)77(82)63(57)45-55)72-40-44-76(90-72)62-36-34-60(66(48-84-92(15,16)79(4,5)6)68(62)50-86-94(19,20)81(10,11)12)74-42-38-70(88-74)54-27-23-52(24-28-54)51-21-25-53(26-22-51)69-37-41-73(59)87-69/h21-46H,47-50H2,1-20H3. The first kappa shape index (κ1) is 68.4. The lowest BCUT2D eigenvalue weighted by Gasteiger charge is -2.37. The van der Waals surface area contributed by atoms with Gasteiger partial charge in [0.05, 0.1) is 26.4 Å². The van der Waals surface area contributed by atoms with Gasteiger partial charge in [-0.1, -0.05) is 180 Å². The van der Waals surface area contributed by atoms with Crippen molar-refractivity contribution in [1.82, 2.24) is 0 Å². The Morgan fingerprint density at radius 3 is 0.723 bits per heavy atom. The van der Waals surface area contributed by atoms with Gasteiger partial charge in [0, 0.05) is 48.4 Å². The van der Waals surface area contributed by atoms with Crippen molar-refractivity contribution in [2.24, 2.45) is 0 Å². The van der Waals surface area contributed by atoms with E-state index in [-0.39, 0.29) is 25.6 Å². The molecule has 6 aromatic carbocycles. The topological polar surface area (TPSA) is 54.0 Å². The second-order valence-corrected chi connectivity index (χ2v) is 55.7. The Kier molecular flexibility index (Phi) is 18.3. The fraction of sp³-hybridized carbons (Fsp3) is 0.346. The third-order valence-electron chi connectivity index (χ3n) is 21.9. The summed E-state index contributed by atoms with van der Waals surface area (Å²) in [4.78, 5) is 14.9. The zero-order valence-electron chi connectivity index (χ0n) is 59.0. The molecule has 0 fully saturated rings. The Balaban J connectivity index is 1.12. The van der Waals surface area contributed by atoms with Crippen LogP contribution in [0.1, 0.15) is 105 Å². The molecule has 0 amide bonds. The molecule has 1 aliphatic carbocycles. The van der Waals surface area contributed by atoms with E-state index in [9.17, 15) is 4.79 Å². The molecule has 19 rings (SSSR count). The Morgan fingerprint density at radius 2 is 0.479 bits per heavy atom. The van der Waals surface area contributed by atoms with Crippen molar-refractivity contribution in [2.75, 3.05) is 0 Å². The minimum Gasteiger partial charge on any atom is -0.413 e. The van der Waals surface area contributed by atoms with Crippen LogP contribution in [0.3, 0.4) is 0 Å². The lowest BCUT2D eigenvalue weighted by Crippen LogP contribution is -2.41. The molecular formula is C81H94O5S4Si4. The quantitative estimate of drug-likeness (QED) is 0.114. The SMILES string of the molecule is CC(C)(C)[Si](C)(C)OCc1c(CO[Si](C)(C)C(C)(C)C)c2ccc1c1ccc(s1)c1ccc(cc1)c1ccc(cc1)c1ccc(s1)c1ccc(c(CO[Si](C)(C)C(C)(C)C)c1CO[Si](C)(C)C(C)(C)C)c1ccc(s1)c1ccc3c(c1)c(=O)c1cc(ccc1-3)c1ccc2s1. The van der Waals surface area contributed by atoms with Gasteiger partial charge in [0.1, 0.15) is 0 Å². The van der Waals surface area contributed by atoms with Gasteiger partial charge >= 0.3 is 0 Å². The molecule has 20 bridgehead atoms. The molecule has 0 spiro atoms. The predicted octanol–water partition coefficient (Wildman–Crippen LogP) is 26.8. The maximum Gasteiger partial charge on any atom is 0.194 e. The van der Waals surface area contributed by atoms with Crippen molar-refractivity contribution in [1.29, 1.82) is 0 Å². The van der Waals surface area contributed by atoms with Gasteiger partial charge in [-0.25, -0.2) is 0 Å². The third-order valence-corrected chi connectivity index (χ3v) is 44.5. The van der Waals surface area contributed by atoms with E-state index in [1.165, 1.54) is 84.1 Å². The van der Waals surface area contributed by atoms with E-state index in [0.29, 0.717) is 26.4 Å². The number of thiophene rings is 4. The van der Waals surface area contributed by atoms with Crippen molar-refractivity contribution in [3.8, 4) is 11.1 Å². The largest absolute Gasteiger partial charge is 0.413 e. The molecule has 0 unspecified atom stereocenters. The maximum atomic E-state index is 14.9. The zero-order valence-corrected chi connectivity index (χ0v) is 66.3. The van der Waals surface area contributed by atoms with E-state index in [1.807, 2.05) is 22.7 Å². The molecule has 0 aliphatic heterocycles. The average molecular weight is 1390 g/mol. The van der Waals surface area contributed by atoms with Gasteiger partial charge < -0.3 is 17.7 Å². The summed E-state index contributed by atoms with van der Waals surface area (Å²) in [5, 5.41) is 13.1. The molecule has 0 atom stereocenters. The zero-order chi connectivity index (χ0) is 67.5. The fourth-order valence-corrected chi connectivity index (χ4v) is 19.4. The van der Waals surface area contributed by atoms with Crippen LogP contribution in [-0.4, -0.2) is 33.3 Å². The highest BCUT2D eigenvalue weighted by Crippen LogP contribution is 2.46. The van der Waals surface area contributed by atoms with Gasteiger partial charge in [-0.15, -0.1) is 45.3 Å². The summed E-state index contributed by atoms with van der Waals surface area (Å²) in [5.41, 5.74) is 6.79. The molecule has 488 valence electrons. The summed E-state index contributed by atoms with van der Waals surface area (Å²) in [5.74, 6) is 0. The van der Waals surface area contributed by atoms with E-state index < -0.39 is 33.3 Å². The first-order valence-corrected chi connectivity index (χ1v) is 48.2. The second-order valence-electron chi connectivity index (χ2n) is 32.1. The van der Waals surface area contributed by atoms with Crippen LogP contribution < -0.4 is 5.43 Å². The molecule has 0 radical (unpaired) electrons. The smallest absolute Gasteiger partial charge is 0.194 e. The lowest BCUT2D eigenvalue weighted by atomic mass is 10.0. The molecule has 12 aromatic heterocycles. The Morgan fingerprint density at radius 1 is 0.266 bits per heavy atom. The molecule has 94 heavy (non-hydrogen) atoms. The monoisotopic (exact) mass is 1390 g/mol. The van der Waals surface area contributed by atoms with Crippen LogP contribution in [0.2, 0.25) is 72.5 Å². The highest BCUT2D eigenvalue weighted by molar-refractivity contribution is 7.26. The number of hydrogen-bond donors (Lipinski definition) is 0. The summed E-state index contributed by atoms with van der Waals surface area (Å²) in [6, 6.07) is 58.7. The van der Waals surface area contributed by atoms with Crippen LogP contribution >= 0.6 is 45.3 Å². The van der Waals surface area contributed by atoms with E-state index in [0.717, 1.165) is 51.5 Å². The number of hydrogen-bond acceptors (Lipinski definition) is 9. The summed E-state index contributed by atoms with van der Waals surface area (Å²) in [6.07, 6.45) is 0. The van der Waals surface area contributed by atoms with Crippen LogP contribution in [0.4, 0.5) is 0 Å². The third kappa shape index (κ3) is 13.2. The minimum absolute atomic E-state index is 0.0187. The van der Waals surface area contributed by atoms with Crippen molar-refractivity contribution in [2.45, 2.75) is 182 Å². The normalized spacial score (nSPS) is 13.5. The van der Waals surface area contributed by atoms with Crippen LogP contribution in [0, 0.1) is 0 Å². The van der Waals surface area contributed by atoms with Crippen molar-refractivity contribution >= 4 is 181 Å². The lowest BCUT2D eigenvalue weighted by molar-refractivity contribution is 0.259. The van der Waals surface area contributed by atoms with Crippen molar-refractivity contribution in [3.63, 3.8) is 0 Å². The summed E-state index contributed by atoms with van der Waals surface area (Å²) in [6.45, 7) is 48.6. The molecule has 0 N–H and O–H groups in total. The molecule has 12 heterocycles. The summed E-state index contributed by atoms with van der Waals surface area (Å²) in [7, 11) is -8.88. The number of fused-ring (bicyclic) bond motifs is 1. The number of benzene rings is 6. The molecule has 0 saturated carbocycles. The van der Waals surface area contributed by atoms with Gasteiger partial charge in [0.15, 0.2) is 38.7 Å². The second kappa shape index (κ2) is 25.1. The molecule has 18 aromatic rings. The summed E-state index contributed by atoms with van der Waals surface area (Å²) < 4.78 is 38.6. The van der Waals surface area contributed by atoms with E-state index in [2.05, 4.69) is 293 Å². The van der Waals surface area contributed by atoms with Crippen LogP contribution in [0.15, 0.2) is 163 Å². The molecular weight excluding hydrogens is 1290 g/mol. The molecule has 13 heteroatoms. The van der Waals surface area contributed by atoms with Crippen LogP contribution in [-0.2, 0) is 44.1 Å². The van der Waals surface area contributed by atoms with Gasteiger partial charge in [0.25, 0.3) is 0 Å². The number of rotatable bonds is 12. The Bertz CT molecular complexity index is 4830. The highest BCUT2D eigenvalue weighted by atomic mass is 32.1. The van der Waals surface area contributed by atoms with Gasteiger partial charge in [-0.3, -0.25) is 4.79 Å². The Hall–Kier alpha value is -5.50.